The summed E-state index contributed by atoms with van der Waals surface area (Å²) in [7, 11) is 0. The molecule has 1 atom stereocenters. The predicted molar refractivity (Wildman–Crippen MR) is 107 cm³/mol. The Labute approximate surface area is 168 Å². The van der Waals surface area contributed by atoms with Crippen LogP contribution in [0.3, 0.4) is 0 Å². The van der Waals surface area contributed by atoms with Gasteiger partial charge in [0, 0.05) is 30.9 Å². The second kappa shape index (κ2) is 8.82. The molecule has 2 aromatic heterocycles. The van der Waals surface area contributed by atoms with Crippen molar-refractivity contribution in [2.45, 2.75) is 18.9 Å². The van der Waals surface area contributed by atoms with Crippen molar-refractivity contribution in [2.75, 3.05) is 26.3 Å². The first-order valence-corrected chi connectivity index (χ1v) is 9.80. The molecule has 1 aliphatic rings. The molecule has 1 N–H and O–H groups in total. The highest BCUT2D eigenvalue weighted by molar-refractivity contribution is 6.29. The summed E-state index contributed by atoms with van der Waals surface area (Å²) in [4.78, 5) is 14.2. The molecule has 3 heterocycles. The third-order valence-corrected chi connectivity index (χ3v) is 5.34. The Bertz CT molecular complexity index is 909. The minimum absolute atomic E-state index is 0.190. The van der Waals surface area contributed by atoms with Gasteiger partial charge in [-0.25, -0.2) is 14.4 Å². The van der Waals surface area contributed by atoms with Crippen molar-refractivity contribution in [2.24, 2.45) is 0 Å². The van der Waals surface area contributed by atoms with E-state index in [9.17, 15) is 4.39 Å². The van der Waals surface area contributed by atoms with Gasteiger partial charge in [0.15, 0.2) is 0 Å². The third-order valence-electron chi connectivity index (χ3n) is 5.13. The number of aromatic nitrogens is 3. The number of aromatic amines is 1. The molecule has 7 heteroatoms. The van der Waals surface area contributed by atoms with Gasteiger partial charge in [-0.1, -0.05) is 23.7 Å². The van der Waals surface area contributed by atoms with E-state index < -0.39 is 0 Å². The lowest BCUT2D eigenvalue weighted by Gasteiger charge is -2.35. The van der Waals surface area contributed by atoms with Crippen molar-refractivity contribution in [3.8, 4) is 11.3 Å². The zero-order valence-electron chi connectivity index (χ0n) is 15.4. The molecular weight excluding hydrogens is 379 g/mol. The number of aryl methyl sites for hydroxylation is 1. The largest absolute Gasteiger partial charge is 0.379 e. The van der Waals surface area contributed by atoms with Crippen LogP contribution >= 0.6 is 11.6 Å². The van der Waals surface area contributed by atoms with E-state index in [4.69, 9.17) is 16.3 Å². The number of nitrogens with one attached hydrogen (secondary N) is 1. The number of nitrogens with zero attached hydrogens (tertiary/aromatic N) is 3. The van der Waals surface area contributed by atoms with Gasteiger partial charge in [0.25, 0.3) is 0 Å². The quantitative estimate of drug-likeness (QED) is 0.628. The second-order valence-corrected chi connectivity index (χ2v) is 7.23. The second-order valence-electron chi connectivity index (χ2n) is 6.85. The number of pyridine rings is 1. The lowest BCUT2D eigenvalue weighted by molar-refractivity contribution is 0.0142. The number of morpholine rings is 1. The van der Waals surface area contributed by atoms with Crippen molar-refractivity contribution >= 4 is 11.6 Å². The fourth-order valence-corrected chi connectivity index (χ4v) is 3.90. The molecule has 0 bridgehead atoms. The van der Waals surface area contributed by atoms with Crippen LogP contribution in [0.2, 0.25) is 5.15 Å². The molecule has 4 rings (SSSR count). The number of benzene rings is 1. The van der Waals surface area contributed by atoms with Crippen LogP contribution in [0.15, 0.2) is 48.9 Å². The summed E-state index contributed by atoms with van der Waals surface area (Å²) in [6, 6.07) is 10.8. The van der Waals surface area contributed by atoms with Crippen molar-refractivity contribution in [3.05, 3.63) is 71.2 Å². The molecule has 146 valence electrons. The summed E-state index contributed by atoms with van der Waals surface area (Å²) in [5.41, 5.74) is 4.04. The van der Waals surface area contributed by atoms with Gasteiger partial charge in [-0.3, -0.25) is 4.90 Å². The van der Waals surface area contributed by atoms with Gasteiger partial charge in [0.2, 0.25) is 0 Å². The number of hydrogen-bond donors (Lipinski definition) is 1. The molecule has 0 radical (unpaired) electrons. The monoisotopic (exact) mass is 400 g/mol. The SMILES string of the molecule is Fc1ccc(C(CCc2nc[nH]c2-c2ccnc(Cl)c2)N2CCOCC2)cc1. The summed E-state index contributed by atoms with van der Waals surface area (Å²) >= 11 is 6.04. The van der Waals surface area contributed by atoms with Crippen LogP contribution in [0.5, 0.6) is 0 Å². The van der Waals surface area contributed by atoms with Crippen LogP contribution in [0.1, 0.15) is 23.7 Å². The van der Waals surface area contributed by atoms with E-state index in [1.165, 1.54) is 12.1 Å². The van der Waals surface area contributed by atoms with E-state index in [1.54, 1.807) is 12.5 Å². The van der Waals surface area contributed by atoms with E-state index in [0.717, 1.165) is 61.7 Å². The first-order chi connectivity index (χ1) is 13.7. The molecule has 1 unspecified atom stereocenters. The normalized spacial score (nSPS) is 16.2. The maximum absolute atomic E-state index is 13.4. The molecule has 0 saturated carbocycles. The van der Waals surface area contributed by atoms with Crippen LogP contribution in [-0.4, -0.2) is 46.2 Å². The lowest BCUT2D eigenvalue weighted by Crippen LogP contribution is -2.39. The maximum Gasteiger partial charge on any atom is 0.129 e. The highest BCUT2D eigenvalue weighted by atomic mass is 35.5. The van der Waals surface area contributed by atoms with Gasteiger partial charge in [0.05, 0.1) is 30.9 Å². The fourth-order valence-electron chi connectivity index (χ4n) is 3.73. The van der Waals surface area contributed by atoms with Gasteiger partial charge in [-0.05, 0) is 42.7 Å². The Morgan fingerprint density at radius 3 is 2.68 bits per heavy atom. The summed E-state index contributed by atoms with van der Waals surface area (Å²) in [6.45, 7) is 3.19. The summed E-state index contributed by atoms with van der Waals surface area (Å²) in [5, 5.41) is 0.454. The minimum atomic E-state index is -0.214. The number of H-pyrrole nitrogens is 1. The molecule has 0 spiro atoms. The molecule has 1 aromatic carbocycles. The standard InChI is InChI=1S/C21H22ClFN4O/c22-20-13-16(7-8-24-20)21-18(25-14-26-21)5-6-19(27-9-11-28-12-10-27)15-1-3-17(23)4-2-15/h1-4,7-8,13-14,19H,5-6,9-12H2,(H,25,26). The van der Waals surface area contributed by atoms with Gasteiger partial charge in [-0.2, -0.15) is 0 Å². The average Bonchev–Trinajstić information content (AvgIpc) is 3.19. The number of ether oxygens (including phenoxy) is 1. The Morgan fingerprint density at radius 1 is 1.14 bits per heavy atom. The van der Waals surface area contributed by atoms with Crippen molar-refractivity contribution in [1.82, 2.24) is 19.9 Å². The lowest BCUT2D eigenvalue weighted by atomic mass is 9.97. The highest BCUT2D eigenvalue weighted by Gasteiger charge is 2.23. The zero-order valence-corrected chi connectivity index (χ0v) is 16.2. The summed E-state index contributed by atoms with van der Waals surface area (Å²) in [5.74, 6) is -0.214. The molecule has 3 aromatic rings. The Morgan fingerprint density at radius 2 is 1.93 bits per heavy atom. The zero-order chi connectivity index (χ0) is 19.3. The highest BCUT2D eigenvalue weighted by Crippen LogP contribution is 2.29. The van der Waals surface area contributed by atoms with Crippen LogP contribution in [0, 0.1) is 5.82 Å². The van der Waals surface area contributed by atoms with Gasteiger partial charge < -0.3 is 9.72 Å². The van der Waals surface area contributed by atoms with E-state index in [1.807, 2.05) is 24.3 Å². The van der Waals surface area contributed by atoms with Crippen molar-refractivity contribution < 1.29 is 9.13 Å². The molecule has 0 amide bonds. The molecular formula is C21H22ClFN4O. The van der Waals surface area contributed by atoms with E-state index in [0.29, 0.717) is 5.15 Å². The Hall–Kier alpha value is -2.28. The number of hydrogen-bond acceptors (Lipinski definition) is 4. The van der Waals surface area contributed by atoms with Crippen LogP contribution in [0.25, 0.3) is 11.3 Å². The van der Waals surface area contributed by atoms with Gasteiger partial charge in [0.1, 0.15) is 11.0 Å². The van der Waals surface area contributed by atoms with Crippen LogP contribution in [-0.2, 0) is 11.2 Å². The van der Waals surface area contributed by atoms with Gasteiger partial charge >= 0.3 is 0 Å². The van der Waals surface area contributed by atoms with Crippen LogP contribution in [0.4, 0.5) is 4.39 Å². The molecule has 5 nitrogen and oxygen atoms in total. The molecule has 1 aliphatic heterocycles. The molecule has 0 aliphatic carbocycles. The fraction of sp³-hybridized carbons (Fsp3) is 0.333. The minimum Gasteiger partial charge on any atom is -0.379 e. The van der Waals surface area contributed by atoms with E-state index >= 15 is 0 Å². The molecule has 1 fully saturated rings. The summed E-state index contributed by atoms with van der Waals surface area (Å²) < 4.78 is 18.9. The smallest absolute Gasteiger partial charge is 0.129 e. The van der Waals surface area contributed by atoms with E-state index in [-0.39, 0.29) is 11.9 Å². The molecule has 28 heavy (non-hydrogen) atoms. The first-order valence-electron chi connectivity index (χ1n) is 9.42. The number of imidazole rings is 1. The van der Waals surface area contributed by atoms with Gasteiger partial charge in [-0.15, -0.1) is 0 Å². The summed E-state index contributed by atoms with van der Waals surface area (Å²) in [6.07, 6.45) is 5.07. The predicted octanol–water partition coefficient (Wildman–Crippen LogP) is 4.27. The Kier molecular flexibility index (Phi) is 6.00. The number of rotatable bonds is 6. The van der Waals surface area contributed by atoms with Crippen molar-refractivity contribution in [1.29, 1.82) is 0 Å². The first kappa shape index (κ1) is 19.1. The van der Waals surface area contributed by atoms with E-state index in [2.05, 4.69) is 19.9 Å². The number of halogens is 2. The average molecular weight is 401 g/mol. The van der Waals surface area contributed by atoms with Crippen molar-refractivity contribution in [3.63, 3.8) is 0 Å². The molecule has 1 saturated heterocycles. The van der Waals surface area contributed by atoms with Crippen LogP contribution < -0.4 is 0 Å². The maximum atomic E-state index is 13.4. The Balaban J connectivity index is 1.55. The topological polar surface area (TPSA) is 54.0 Å². The third kappa shape index (κ3) is 4.41.